The highest BCUT2D eigenvalue weighted by Gasteiger charge is 2.52. The number of halogens is 1. The molecule has 286 valence electrons. The molecule has 0 spiro atoms. The van der Waals surface area contributed by atoms with Crippen LogP contribution in [0, 0.1) is 5.82 Å². The van der Waals surface area contributed by atoms with E-state index in [2.05, 4.69) is 17.2 Å². The van der Waals surface area contributed by atoms with Crippen LogP contribution in [-0.4, -0.2) is 75.4 Å². The van der Waals surface area contributed by atoms with Crippen LogP contribution in [0.3, 0.4) is 0 Å². The van der Waals surface area contributed by atoms with Gasteiger partial charge in [0.25, 0.3) is 5.91 Å². The Morgan fingerprint density at radius 1 is 0.789 bits per heavy atom. The zero-order valence-electron chi connectivity index (χ0n) is 31.2. The van der Waals surface area contributed by atoms with Crippen molar-refractivity contribution in [1.82, 2.24) is 25.1 Å². The number of amides is 5. The van der Waals surface area contributed by atoms with E-state index in [1.165, 1.54) is 17.1 Å². The SMILES string of the molecule is C=CCN(C(=O)NCc1ccc(F)cc1)N1CC(=O)N2[C@@H](Cc3ccc(NC(=O)c4cccc5ccccc45)cc3)C(=O)N(Cc3cccc4ccccc34)C[C@@H]21. The fourth-order valence-electron chi connectivity index (χ4n) is 7.89. The van der Waals surface area contributed by atoms with E-state index >= 15 is 0 Å². The number of nitrogens with one attached hydrogen (secondary N) is 2. The molecule has 2 saturated heterocycles. The van der Waals surface area contributed by atoms with E-state index < -0.39 is 18.2 Å². The number of anilines is 1. The Morgan fingerprint density at radius 2 is 1.44 bits per heavy atom. The average molecular weight is 761 g/mol. The molecule has 10 nitrogen and oxygen atoms in total. The van der Waals surface area contributed by atoms with Crippen LogP contribution in [0.1, 0.15) is 27.0 Å². The molecular formula is C46H41FN6O4. The molecule has 0 saturated carbocycles. The molecule has 2 fully saturated rings. The third kappa shape index (κ3) is 7.70. The standard InChI is InChI=1S/C46H41FN6O4/c1-2-25-51(46(57)48-27-32-17-21-36(47)22-18-32)52-30-43(54)53-41(45(56)50(29-42(52)53)28-35-13-7-11-33-9-3-5-14-38(33)35)26-31-19-23-37(24-20-31)49-44(55)40-16-8-12-34-10-4-6-15-39(34)40/h2-24,41-42H,1,25-30H2,(H,48,57)(H,49,55)/t41-,42+/m0/s1. The van der Waals surface area contributed by atoms with E-state index in [1.54, 1.807) is 51.2 Å². The summed E-state index contributed by atoms with van der Waals surface area (Å²) in [6.45, 7) is 4.48. The molecule has 0 bridgehead atoms. The number of benzene rings is 6. The Bertz CT molecular complexity index is 2480. The number of fused-ring (bicyclic) bond motifs is 3. The summed E-state index contributed by atoms with van der Waals surface area (Å²) in [6, 6.07) is 39.2. The molecule has 2 heterocycles. The molecule has 0 aliphatic carbocycles. The predicted molar refractivity (Wildman–Crippen MR) is 218 cm³/mol. The number of hydrogen-bond acceptors (Lipinski definition) is 5. The van der Waals surface area contributed by atoms with Gasteiger partial charge in [0.05, 0.1) is 19.6 Å². The number of hydrogen-bond donors (Lipinski definition) is 2. The Morgan fingerprint density at radius 3 is 2.18 bits per heavy atom. The third-order valence-electron chi connectivity index (χ3n) is 10.7. The van der Waals surface area contributed by atoms with Crippen LogP contribution in [0.25, 0.3) is 21.5 Å². The quantitative estimate of drug-likeness (QED) is 0.137. The van der Waals surface area contributed by atoms with Crippen molar-refractivity contribution in [2.75, 3.05) is 25.0 Å². The molecule has 11 heteroatoms. The van der Waals surface area contributed by atoms with Crippen LogP contribution in [0.4, 0.5) is 14.9 Å². The van der Waals surface area contributed by atoms with Gasteiger partial charge in [-0.05, 0) is 68.6 Å². The van der Waals surface area contributed by atoms with Gasteiger partial charge in [0.1, 0.15) is 18.0 Å². The molecule has 2 aliphatic heterocycles. The lowest BCUT2D eigenvalue weighted by Gasteiger charge is -2.46. The second kappa shape index (κ2) is 16.1. The van der Waals surface area contributed by atoms with Crippen LogP contribution in [0.2, 0.25) is 0 Å². The average Bonchev–Trinajstić information content (AvgIpc) is 3.56. The van der Waals surface area contributed by atoms with Crippen LogP contribution in [0.15, 0.2) is 146 Å². The van der Waals surface area contributed by atoms with Gasteiger partial charge < -0.3 is 20.4 Å². The van der Waals surface area contributed by atoms with E-state index in [0.29, 0.717) is 23.4 Å². The van der Waals surface area contributed by atoms with Crippen LogP contribution in [-0.2, 0) is 29.1 Å². The van der Waals surface area contributed by atoms with Crippen molar-refractivity contribution in [3.8, 4) is 0 Å². The highest BCUT2D eigenvalue weighted by molar-refractivity contribution is 6.13. The zero-order valence-corrected chi connectivity index (χ0v) is 31.2. The summed E-state index contributed by atoms with van der Waals surface area (Å²) in [5.74, 6) is -1.08. The number of nitrogens with zero attached hydrogens (tertiary/aromatic N) is 4. The van der Waals surface area contributed by atoms with E-state index in [9.17, 15) is 23.6 Å². The lowest BCUT2D eigenvalue weighted by Crippen LogP contribution is -2.66. The number of carbonyl (C=O) groups excluding carboxylic acids is 4. The molecule has 6 aromatic rings. The van der Waals surface area contributed by atoms with E-state index in [1.807, 2.05) is 91.0 Å². The summed E-state index contributed by atoms with van der Waals surface area (Å²) in [6.07, 6.45) is 1.16. The van der Waals surface area contributed by atoms with Gasteiger partial charge in [-0.3, -0.25) is 19.4 Å². The molecule has 8 rings (SSSR count). The summed E-state index contributed by atoms with van der Waals surface area (Å²) in [5, 5.41) is 13.0. The van der Waals surface area contributed by atoms with Gasteiger partial charge in [-0.2, -0.15) is 5.01 Å². The van der Waals surface area contributed by atoms with Crippen molar-refractivity contribution < 1.29 is 23.6 Å². The molecule has 2 N–H and O–H groups in total. The lowest BCUT2D eigenvalue weighted by atomic mass is 9.98. The fraction of sp³-hybridized carbons (Fsp3) is 0.174. The number of carbonyl (C=O) groups is 4. The Hall–Kier alpha value is -6.85. The second-order valence-electron chi connectivity index (χ2n) is 14.3. The molecule has 0 aromatic heterocycles. The van der Waals surface area contributed by atoms with Crippen molar-refractivity contribution >= 4 is 51.0 Å². The zero-order chi connectivity index (χ0) is 39.5. The van der Waals surface area contributed by atoms with Gasteiger partial charge in [-0.1, -0.05) is 109 Å². The van der Waals surface area contributed by atoms with Crippen LogP contribution in [0.5, 0.6) is 0 Å². The van der Waals surface area contributed by atoms with E-state index in [-0.39, 0.29) is 56.1 Å². The molecule has 6 aromatic carbocycles. The summed E-state index contributed by atoms with van der Waals surface area (Å²) in [4.78, 5) is 59.1. The van der Waals surface area contributed by atoms with Gasteiger partial charge in [0.15, 0.2) is 0 Å². The highest BCUT2D eigenvalue weighted by Crippen LogP contribution is 2.32. The largest absolute Gasteiger partial charge is 0.333 e. The second-order valence-corrected chi connectivity index (χ2v) is 14.3. The minimum Gasteiger partial charge on any atom is -0.333 e. The number of piperazine rings is 1. The highest BCUT2D eigenvalue weighted by atomic mass is 19.1. The Kier molecular flexibility index (Phi) is 10.5. The smallest absolute Gasteiger partial charge is 0.332 e. The van der Waals surface area contributed by atoms with Crippen molar-refractivity contribution in [3.05, 3.63) is 174 Å². The van der Waals surface area contributed by atoms with Crippen LogP contribution < -0.4 is 10.6 Å². The van der Waals surface area contributed by atoms with Gasteiger partial charge in [0, 0.05) is 30.8 Å². The van der Waals surface area contributed by atoms with Gasteiger partial charge in [0.2, 0.25) is 11.8 Å². The van der Waals surface area contributed by atoms with E-state index in [4.69, 9.17) is 0 Å². The maximum absolute atomic E-state index is 14.6. The molecular weight excluding hydrogens is 720 g/mol. The number of hydrazine groups is 1. The normalized spacial score (nSPS) is 16.8. The monoisotopic (exact) mass is 760 g/mol. The predicted octanol–water partition coefficient (Wildman–Crippen LogP) is 7.12. The summed E-state index contributed by atoms with van der Waals surface area (Å²) in [5.41, 5.74) is 3.64. The first-order chi connectivity index (χ1) is 27.8. The first-order valence-electron chi connectivity index (χ1n) is 18.9. The van der Waals surface area contributed by atoms with Gasteiger partial charge >= 0.3 is 6.03 Å². The summed E-state index contributed by atoms with van der Waals surface area (Å²) >= 11 is 0. The van der Waals surface area contributed by atoms with Crippen molar-refractivity contribution in [3.63, 3.8) is 0 Å². The van der Waals surface area contributed by atoms with Crippen molar-refractivity contribution in [2.45, 2.75) is 31.7 Å². The minimum atomic E-state index is -0.861. The van der Waals surface area contributed by atoms with Gasteiger partial charge in [-0.25, -0.2) is 9.18 Å². The maximum Gasteiger partial charge on any atom is 0.332 e. The fourth-order valence-corrected chi connectivity index (χ4v) is 7.89. The molecule has 0 unspecified atom stereocenters. The van der Waals surface area contributed by atoms with Crippen LogP contribution >= 0.6 is 0 Å². The lowest BCUT2D eigenvalue weighted by molar-refractivity contribution is -0.157. The van der Waals surface area contributed by atoms with Crippen molar-refractivity contribution in [1.29, 1.82) is 0 Å². The molecule has 2 aliphatic rings. The first-order valence-corrected chi connectivity index (χ1v) is 18.9. The molecule has 5 amide bonds. The Labute approximate surface area is 329 Å². The minimum absolute atomic E-state index is 0.112. The summed E-state index contributed by atoms with van der Waals surface area (Å²) < 4.78 is 13.5. The molecule has 0 radical (unpaired) electrons. The van der Waals surface area contributed by atoms with Gasteiger partial charge in [-0.15, -0.1) is 6.58 Å². The maximum atomic E-state index is 14.6. The number of urea groups is 1. The molecule has 57 heavy (non-hydrogen) atoms. The van der Waals surface area contributed by atoms with E-state index in [0.717, 1.165) is 32.7 Å². The topological polar surface area (TPSA) is 105 Å². The Balaban J connectivity index is 1.06. The first kappa shape index (κ1) is 37.1. The summed E-state index contributed by atoms with van der Waals surface area (Å²) in [7, 11) is 0. The van der Waals surface area contributed by atoms with Crippen molar-refractivity contribution in [2.24, 2.45) is 0 Å². The molecule has 2 atom stereocenters. The number of rotatable bonds is 11. The third-order valence-corrected chi connectivity index (χ3v) is 10.7.